The van der Waals surface area contributed by atoms with Gasteiger partial charge in [0.1, 0.15) is 42.9 Å². The number of fused-ring (bicyclic) bond motifs is 4. The number of halogens is 2. The second-order valence-corrected chi connectivity index (χ2v) is 21.5. The maximum absolute atomic E-state index is 10.9. The number of imidazole rings is 2. The minimum atomic E-state index is -1.21. The van der Waals surface area contributed by atoms with Gasteiger partial charge in [0.25, 0.3) is 12.0 Å². The minimum Gasteiger partial charge on any atom is -0.456 e. The van der Waals surface area contributed by atoms with Gasteiger partial charge in [-0.1, -0.05) is 120 Å². The fourth-order valence-electron chi connectivity index (χ4n) is 9.65. The highest BCUT2D eigenvalue weighted by molar-refractivity contribution is 6.34. The number of benzene rings is 4. The first-order valence-electron chi connectivity index (χ1n) is 26.5. The Labute approximate surface area is 484 Å². The van der Waals surface area contributed by atoms with Gasteiger partial charge in [0.2, 0.25) is 0 Å². The maximum Gasteiger partial charge on any atom is 0.296 e. The van der Waals surface area contributed by atoms with Gasteiger partial charge in [-0.05, 0) is 39.9 Å². The van der Waals surface area contributed by atoms with Crippen molar-refractivity contribution in [3.63, 3.8) is 0 Å². The highest BCUT2D eigenvalue weighted by Crippen LogP contribution is 2.36. The van der Waals surface area contributed by atoms with Gasteiger partial charge >= 0.3 is 0 Å². The predicted molar refractivity (Wildman–Crippen MR) is 304 cm³/mol. The lowest BCUT2D eigenvalue weighted by molar-refractivity contribution is 0.00703. The number of carbonyl (C=O) groups excluding carboxylic acids is 1. The lowest BCUT2D eigenvalue weighted by Crippen LogP contribution is -2.54. The molecule has 0 saturated carbocycles. The molecule has 8 atom stereocenters. The molecular formula is C58H62Cl2N8O15. The third kappa shape index (κ3) is 13.2. The van der Waals surface area contributed by atoms with Crippen molar-refractivity contribution in [2.75, 3.05) is 66.1 Å². The number of carbonyl (C=O) groups is 1. The lowest BCUT2D eigenvalue weighted by Gasteiger charge is -2.28. The number of aliphatic hydroxyl groups is 8. The number of aromatic nitrogens is 6. The van der Waals surface area contributed by atoms with Gasteiger partial charge in [-0.15, -0.1) is 0 Å². The topological polar surface area (TPSA) is 355 Å². The Balaban J connectivity index is 0.000000166. The molecule has 25 heteroatoms. The molecule has 0 amide bonds. The zero-order chi connectivity index (χ0) is 58.4. The minimum absolute atomic E-state index is 0.222. The van der Waals surface area contributed by atoms with Crippen molar-refractivity contribution in [1.82, 2.24) is 35.2 Å². The van der Waals surface area contributed by atoms with Crippen LogP contribution < -0.4 is 20.5 Å². The Morgan fingerprint density at radius 1 is 0.542 bits per heavy atom. The number of pyridine rings is 2. The average molecular weight is 1180 g/mol. The van der Waals surface area contributed by atoms with Gasteiger partial charge in [0.15, 0.2) is 23.5 Å². The molecule has 8 heterocycles. The molecule has 13 N–H and O–H groups in total. The Morgan fingerprint density at radius 3 is 1.29 bits per heavy atom. The van der Waals surface area contributed by atoms with E-state index < -0.39 is 49.2 Å². The van der Waals surface area contributed by atoms with E-state index in [1.807, 2.05) is 84.9 Å². The Hall–Kier alpha value is -6.59. The molecule has 438 valence electrons. The number of hydrogen-bond acceptors (Lipinski definition) is 21. The van der Waals surface area contributed by atoms with E-state index in [0.29, 0.717) is 75.1 Å². The molecule has 0 bridgehead atoms. The van der Waals surface area contributed by atoms with Crippen LogP contribution in [0.5, 0.6) is 12.0 Å². The van der Waals surface area contributed by atoms with Crippen molar-refractivity contribution in [2.24, 2.45) is 5.73 Å². The van der Waals surface area contributed by atoms with Crippen molar-refractivity contribution in [1.29, 1.82) is 0 Å². The second kappa shape index (κ2) is 26.1. The lowest BCUT2D eigenvalue weighted by atomic mass is 10.00. The van der Waals surface area contributed by atoms with E-state index >= 15 is 0 Å². The van der Waals surface area contributed by atoms with Crippen LogP contribution in [0.3, 0.4) is 0 Å². The molecule has 4 saturated heterocycles. The number of ether oxygens (including phenoxy) is 6. The van der Waals surface area contributed by atoms with Crippen molar-refractivity contribution in [3.8, 4) is 56.8 Å². The number of H-pyrrole nitrogens is 2. The number of nitrogens with zero attached hydrogens (tertiary/aromatic N) is 4. The molecule has 4 aliphatic heterocycles. The molecule has 4 aromatic heterocycles. The van der Waals surface area contributed by atoms with Crippen LogP contribution in [0.4, 0.5) is 0 Å². The molecule has 4 fully saturated rings. The Morgan fingerprint density at radius 2 is 0.916 bits per heavy atom. The van der Waals surface area contributed by atoms with E-state index in [9.17, 15) is 30.3 Å². The number of hydrogen-bond donors (Lipinski definition) is 12. The van der Waals surface area contributed by atoms with E-state index in [1.165, 1.54) is 0 Å². The molecule has 0 spiro atoms. The SMILES string of the molecule is NC(CO)(CO)CO.O=Cc1ccc(-c2ccc(-c3nc4nc(O[C@@H]5CO[C@H]6[C@@H]5OC[C@H]6O)[nH]c4cc3Cl)cc2)cc1.OCC(CO)(CO)NCc1ccc(-c2ccc(-c3nc4nc(O[C@@H]5CO[C@H]6[C@@H]5OC[C@H]6O)[nH]c4cc3Cl)cc2)cc1. The molecular weight excluding hydrogens is 1120 g/mol. The zero-order valence-electron chi connectivity index (χ0n) is 44.4. The molecule has 83 heavy (non-hydrogen) atoms. The van der Waals surface area contributed by atoms with E-state index in [0.717, 1.165) is 45.2 Å². The van der Waals surface area contributed by atoms with Crippen LogP contribution in [0, 0.1) is 0 Å². The molecule has 4 aromatic carbocycles. The Bertz CT molecular complexity index is 3440. The van der Waals surface area contributed by atoms with E-state index in [4.69, 9.17) is 72.7 Å². The largest absolute Gasteiger partial charge is 0.456 e. The summed E-state index contributed by atoms with van der Waals surface area (Å²) >= 11 is 13.1. The molecule has 12 rings (SSSR count). The van der Waals surface area contributed by atoms with Crippen LogP contribution in [0.25, 0.3) is 67.1 Å². The van der Waals surface area contributed by atoms with E-state index in [2.05, 4.69) is 35.2 Å². The number of rotatable bonds is 18. The summed E-state index contributed by atoms with van der Waals surface area (Å²) in [6.45, 7) is -0.867. The third-order valence-corrected chi connectivity index (χ3v) is 15.4. The van der Waals surface area contributed by atoms with E-state index in [-0.39, 0.29) is 69.6 Å². The van der Waals surface area contributed by atoms with Gasteiger partial charge in [-0.2, -0.15) is 9.97 Å². The molecule has 8 aromatic rings. The highest BCUT2D eigenvalue weighted by atomic mass is 35.5. The van der Waals surface area contributed by atoms with Gasteiger partial charge in [-0.3, -0.25) is 4.79 Å². The number of nitrogens with two attached hydrogens (primary N) is 1. The quantitative estimate of drug-likeness (QED) is 0.0549. The summed E-state index contributed by atoms with van der Waals surface area (Å²) in [7, 11) is 0. The normalized spacial score (nSPS) is 22.0. The molecule has 4 aliphatic rings. The van der Waals surface area contributed by atoms with Gasteiger partial charge in [0, 0.05) is 23.2 Å². The number of aldehydes is 1. The monoisotopic (exact) mass is 1180 g/mol. The highest BCUT2D eigenvalue weighted by Gasteiger charge is 2.50. The summed E-state index contributed by atoms with van der Waals surface area (Å²) in [6.07, 6.45) is -2.67. The van der Waals surface area contributed by atoms with Gasteiger partial charge in [0.05, 0.1) is 110 Å². The van der Waals surface area contributed by atoms with Gasteiger partial charge in [-0.25, -0.2) is 9.97 Å². The average Bonchev–Trinajstić information content (AvgIpc) is 4.61. The molecule has 0 radical (unpaired) electrons. The van der Waals surface area contributed by atoms with Crippen LogP contribution in [-0.2, 0) is 25.5 Å². The summed E-state index contributed by atoms with van der Waals surface area (Å²) in [5, 5.41) is 77.3. The van der Waals surface area contributed by atoms with E-state index in [1.54, 1.807) is 24.3 Å². The van der Waals surface area contributed by atoms with Crippen LogP contribution in [0.1, 0.15) is 15.9 Å². The fraction of sp³-hybridized carbons (Fsp3) is 0.362. The first-order valence-corrected chi connectivity index (χ1v) is 27.3. The third-order valence-electron chi connectivity index (χ3n) is 14.8. The number of aliphatic hydroxyl groups excluding tert-OH is 8. The smallest absolute Gasteiger partial charge is 0.296 e. The summed E-state index contributed by atoms with van der Waals surface area (Å²) in [4.78, 5) is 35.3. The fourth-order valence-corrected chi connectivity index (χ4v) is 10.2. The van der Waals surface area contributed by atoms with Crippen LogP contribution in [0.15, 0.2) is 109 Å². The molecule has 0 unspecified atom stereocenters. The van der Waals surface area contributed by atoms with Crippen LogP contribution in [-0.4, -0.2) is 203 Å². The van der Waals surface area contributed by atoms with Crippen LogP contribution in [0.2, 0.25) is 10.0 Å². The molecule has 0 aliphatic carbocycles. The first-order chi connectivity index (χ1) is 40.2. The summed E-state index contributed by atoms with van der Waals surface area (Å²) in [5.74, 6) is 0. The van der Waals surface area contributed by atoms with Crippen molar-refractivity contribution >= 4 is 51.8 Å². The zero-order valence-corrected chi connectivity index (χ0v) is 45.9. The number of nitrogens with one attached hydrogen (secondary N) is 3. The van der Waals surface area contributed by atoms with Crippen molar-refractivity contribution in [3.05, 3.63) is 130 Å². The van der Waals surface area contributed by atoms with Crippen molar-refractivity contribution in [2.45, 2.75) is 66.5 Å². The predicted octanol–water partition coefficient (Wildman–Crippen LogP) is 2.98. The maximum atomic E-state index is 10.9. The summed E-state index contributed by atoms with van der Waals surface area (Å²) in [6, 6.07) is 35.2. The van der Waals surface area contributed by atoms with Crippen LogP contribution >= 0.6 is 23.2 Å². The van der Waals surface area contributed by atoms with Crippen molar-refractivity contribution < 1.29 is 74.1 Å². The summed E-state index contributed by atoms with van der Waals surface area (Å²) in [5.41, 5.74) is 13.6. The standard InChI is InChI=1S/C29H31ClN4O7.C25H20ClN3O5.C4H11NO3/c30-20-9-21-27(34-28(32-21)41-23-12-40-25-22(38)11-39-26(23)25)33-24(20)19-7-5-18(6-8-19)17-3-1-16(2-4-17)10-31-29(13-35,14-36)15-37;26-17-9-18-24(29-25(27-18)34-20-12-33-22-19(31)11-32-23(20)22)28-21(17)16-7-5-15(6-8-16)14-3-1-13(10-30)2-4-14;5-4(1-6,2-7)3-8/h1-9,22-23,25-26,31,35-38H,10-15H2,(H,32,33,34);1-10,19-20,22-23,31H,11-12H2,(H,27,28,29);6-8H,1-3,5H2/t22-,23-,25-,26-;19-,20-,22-,23-;/m11./s1. The molecule has 23 nitrogen and oxygen atoms in total. The van der Waals surface area contributed by atoms with Gasteiger partial charge < -0.3 is 90.3 Å². The number of aromatic amines is 2. The summed E-state index contributed by atoms with van der Waals surface area (Å²) < 4.78 is 34.4. The Kier molecular flexibility index (Phi) is 18.8. The second-order valence-electron chi connectivity index (χ2n) is 20.6. The first kappa shape index (κ1) is 59.6.